The first-order valence-electron chi connectivity index (χ1n) is 5.30. The Balaban J connectivity index is 2.33. The quantitative estimate of drug-likeness (QED) is 0.870. The Kier molecular flexibility index (Phi) is 2.30. The molecular weight excluding hydrogens is 280 g/mol. The zero-order valence-corrected chi connectivity index (χ0v) is 10.4. The summed E-state index contributed by atoms with van der Waals surface area (Å²) >= 11 is 3.39. The van der Waals surface area contributed by atoms with Crippen molar-refractivity contribution in [2.45, 2.75) is 5.92 Å². The van der Waals surface area contributed by atoms with Crippen molar-refractivity contribution in [2.75, 3.05) is 0 Å². The lowest BCUT2D eigenvalue weighted by atomic mass is 9.97. The summed E-state index contributed by atoms with van der Waals surface area (Å²) in [5.41, 5.74) is 3.81. The van der Waals surface area contributed by atoms with Crippen molar-refractivity contribution in [2.24, 2.45) is 0 Å². The van der Waals surface area contributed by atoms with E-state index in [1.165, 1.54) is 0 Å². The SMILES string of the molecule is O=C(O)C1c2ccccc2-c2ccc(Br)cc21. The lowest BCUT2D eigenvalue weighted by Gasteiger charge is -2.07. The molecule has 1 N–H and O–H groups in total. The largest absolute Gasteiger partial charge is 0.481 e. The summed E-state index contributed by atoms with van der Waals surface area (Å²) in [6.07, 6.45) is 0. The fourth-order valence-corrected chi connectivity index (χ4v) is 2.82. The monoisotopic (exact) mass is 288 g/mol. The van der Waals surface area contributed by atoms with Gasteiger partial charge in [0.05, 0.1) is 0 Å². The van der Waals surface area contributed by atoms with Crippen molar-refractivity contribution in [3.05, 3.63) is 58.1 Å². The first-order valence-corrected chi connectivity index (χ1v) is 6.09. The Morgan fingerprint density at radius 1 is 1.06 bits per heavy atom. The number of carboxylic acid groups (broad SMARTS) is 1. The van der Waals surface area contributed by atoms with E-state index in [1.54, 1.807) is 0 Å². The van der Waals surface area contributed by atoms with E-state index >= 15 is 0 Å². The predicted octanol–water partition coefficient (Wildman–Crippen LogP) is 3.65. The predicted molar refractivity (Wildman–Crippen MR) is 69.1 cm³/mol. The Morgan fingerprint density at radius 3 is 2.53 bits per heavy atom. The standard InChI is InChI=1S/C14H9BrO2/c15-8-5-6-10-9-3-1-2-4-11(9)13(14(16)17)12(10)7-8/h1-7,13H,(H,16,17). The van der Waals surface area contributed by atoms with Crippen LogP contribution in [0.3, 0.4) is 0 Å². The molecule has 3 heteroatoms. The summed E-state index contributed by atoms with van der Waals surface area (Å²) in [6, 6.07) is 13.5. The van der Waals surface area contributed by atoms with Crippen molar-refractivity contribution in [3.8, 4) is 11.1 Å². The zero-order chi connectivity index (χ0) is 12.0. The van der Waals surface area contributed by atoms with E-state index in [4.69, 9.17) is 0 Å². The summed E-state index contributed by atoms with van der Waals surface area (Å²) in [5, 5.41) is 9.38. The fraction of sp³-hybridized carbons (Fsp3) is 0.0714. The normalized spacial score (nSPS) is 16.4. The number of carboxylic acids is 1. The molecule has 2 aromatic carbocycles. The van der Waals surface area contributed by atoms with E-state index in [0.717, 1.165) is 26.7 Å². The Morgan fingerprint density at radius 2 is 1.76 bits per heavy atom. The van der Waals surface area contributed by atoms with Crippen LogP contribution >= 0.6 is 15.9 Å². The molecule has 0 heterocycles. The zero-order valence-electron chi connectivity index (χ0n) is 8.85. The van der Waals surface area contributed by atoms with Crippen LogP contribution < -0.4 is 0 Å². The highest BCUT2D eigenvalue weighted by molar-refractivity contribution is 9.10. The van der Waals surface area contributed by atoms with E-state index in [-0.39, 0.29) is 0 Å². The van der Waals surface area contributed by atoms with Gasteiger partial charge in [-0.2, -0.15) is 0 Å². The molecule has 1 aliphatic rings. The average Bonchev–Trinajstić information content (AvgIpc) is 2.62. The first-order chi connectivity index (χ1) is 8.18. The minimum atomic E-state index is -0.797. The van der Waals surface area contributed by atoms with Crippen molar-refractivity contribution in [3.63, 3.8) is 0 Å². The lowest BCUT2D eigenvalue weighted by molar-refractivity contribution is -0.137. The number of halogens is 1. The first kappa shape index (κ1) is 10.5. The Bertz CT molecular complexity index is 619. The molecule has 0 saturated heterocycles. The molecule has 1 aliphatic carbocycles. The van der Waals surface area contributed by atoms with Crippen LogP contribution in [-0.4, -0.2) is 11.1 Å². The molecule has 0 bridgehead atoms. The van der Waals surface area contributed by atoms with Gasteiger partial charge in [0.15, 0.2) is 0 Å². The van der Waals surface area contributed by atoms with E-state index in [1.807, 2.05) is 42.5 Å². The van der Waals surface area contributed by atoms with Gasteiger partial charge in [-0.25, -0.2) is 0 Å². The molecule has 2 nitrogen and oxygen atoms in total. The summed E-state index contributed by atoms with van der Waals surface area (Å²) in [6.45, 7) is 0. The molecule has 0 radical (unpaired) electrons. The molecule has 0 spiro atoms. The van der Waals surface area contributed by atoms with Crippen LogP contribution in [0.5, 0.6) is 0 Å². The molecule has 84 valence electrons. The number of hydrogen-bond donors (Lipinski definition) is 1. The third kappa shape index (κ3) is 1.50. The molecular formula is C14H9BrO2. The van der Waals surface area contributed by atoms with Crippen molar-refractivity contribution >= 4 is 21.9 Å². The topological polar surface area (TPSA) is 37.3 Å². The number of benzene rings is 2. The number of rotatable bonds is 1. The summed E-state index contributed by atoms with van der Waals surface area (Å²) in [4.78, 5) is 11.4. The molecule has 0 fully saturated rings. The van der Waals surface area contributed by atoms with Gasteiger partial charge in [0.2, 0.25) is 0 Å². The van der Waals surface area contributed by atoms with Gasteiger partial charge in [-0.05, 0) is 34.4 Å². The Labute approximate surface area is 107 Å². The molecule has 0 aromatic heterocycles. The van der Waals surface area contributed by atoms with E-state index in [2.05, 4.69) is 15.9 Å². The second-order valence-corrected chi connectivity index (χ2v) is 5.01. The van der Waals surface area contributed by atoms with Crippen molar-refractivity contribution in [1.29, 1.82) is 0 Å². The van der Waals surface area contributed by atoms with Crippen LogP contribution in [-0.2, 0) is 4.79 Å². The maximum absolute atomic E-state index is 11.4. The van der Waals surface area contributed by atoms with Crippen LogP contribution in [0.1, 0.15) is 17.0 Å². The van der Waals surface area contributed by atoms with Crippen LogP contribution in [0.15, 0.2) is 46.9 Å². The highest BCUT2D eigenvalue weighted by Crippen LogP contribution is 2.45. The third-order valence-electron chi connectivity index (χ3n) is 3.13. The molecule has 3 rings (SSSR count). The fourth-order valence-electron chi connectivity index (χ4n) is 2.45. The van der Waals surface area contributed by atoms with Crippen LogP contribution in [0.25, 0.3) is 11.1 Å². The van der Waals surface area contributed by atoms with Crippen molar-refractivity contribution in [1.82, 2.24) is 0 Å². The lowest BCUT2D eigenvalue weighted by Crippen LogP contribution is -2.09. The summed E-state index contributed by atoms with van der Waals surface area (Å²) < 4.78 is 0.912. The second kappa shape index (κ2) is 3.70. The van der Waals surface area contributed by atoms with E-state index in [9.17, 15) is 9.90 Å². The van der Waals surface area contributed by atoms with Gasteiger partial charge >= 0.3 is 5.97 Å². The minimum Gasteiger partial charge on any atom is -0.481 e. The van der Waals surface area contributed by atoms with Gasteiger partial charge < -0.3 is 5.11 Å². The maximum Gasteiger partial charge on any atom is 0.315 e. The molecule has 17 heavy (non-hydrogen) atoms. The van der Waals surface area contributed by atoms with Crippen molar-refractivity contribution < 1.29 is 9.90 Å². The van der Waals surface area contributed by atoms with Crippen LogP contribution in [0.2, 0.25) is 0 Å². The van der Waals surface area contributed by atoms with Gasteiger partial charge in [-0.15, -0.1) is 0 Å². The minimum absolute atomic E-state index is 0.543. The average molecular weight is 289 g/mol. The molecule has 2 aromatic rings. The summed E-state index contributed by atoms with van der Waals surface area (Å²) in [7, 11) is 0. The van der Waals surface area contributed by atoms with Crippen LogP contribution in [0.4, 0.5) is 0 Å². The molecule has 0 aliphatic heterocycles. The Hall–Kier alpha value is -1.61. The van der Waals surface area contributed by atoms with Crippen LogP contribution in [0, 0.1) is 0 Å². The van der Waals surface area contributed by atoms with E-state index in [0.29, 0.717) is 0 Å². The van der Waals surface area contributed by atoms with Gasteiger partial charge in [0.1, 0.15) is 5.92 Å². The molecule has 1 atom stereocenters. The summed E-state index contributed by atoms with van der Waals surface area (Å²) in [5.74, 6) is -1.34. The smallest absolute Gasteiger partial charge is 0.315 e. The molecule has 0 saturated carbocycles. The van der Waals surface area contributed by atoms with E-state index < -0.39 is 11.9 Å². The number of fused-ring (bicyclic) bond motifs is 3. The highest BCUT2D eigenvalue weighted by Gasteiger charge is 2.33. The third-order valence-corrected chi connectivity index (χ3v) is 3.63. The highest BCUT2D eigenvalue weighted by atomic mass is 79.9. The molecule has 1 unspecified atom stereocenters. The van der Waals surface area contributed by atoms with Gasteiger partial charge in [-0.3, -0.25) is 4.79 Å². The number of aliphatic carboxylic acids is 1. The van der Waals surface area contributed by atoms with Gasteiger partial charge in [0, 0.05) is 4.47 Å². The number of hydrogen-bond acceptors (Lipinski definition) is 1. The number of carbonyl (C=O) groups is 1. The van der Waals surface area contributed by atoms with Gasteiger partial charge in [-0.1, -0.05) is 46.3 Å². The second-order valence-electron chi connectivity index (χ2n) is 4.09. The molecule has 0 amide bonds. The van der Waals surface area contributed by atoms with Gasteiger partial charge in [0.25, 0.3) is 0 Å². The maximum atomic E-state index is 11.4.